The van der Waals surface area contributed by atoms with Crippen molar-refractivity contribution in [3.63, 3.8) is 0 Å². The lowest BCUT2D eigenvalue weighted by atomic mass is 9.88. The Hall–Kier alpha value is -2.88. The molecule has 2 aromatic carbocycles. The van der Waals surface area contributed by atoms with Crippen LogP contribution in [-0.2, 0) is 0 Å². The summed E-state index contributed by atoms with van der Waals surface area (Å²) >= 11 is 0. The van der Waals surface area contributed by atoms with Crippen LogP contribution in [0.3, 0.4) is 0 Å². The molecule has 2 aliphatic rings. The molecule has 0 saturated carbocycles. The molecule has 4 heteroatoms. The zero-order valence-electron chi connectivity index (χ0n) is 15.8. The zero-order valence-corrected chi connectivity index (χ0v) is 15.8. The molecule has 1 N–H and O–H groups in total. The molecule has 4 nitrogen and oxygen atoms in total. The fraction of sp³-hybridized carbons (Fsp3) is 0.304. The number of nitrogens with one attached hydrogen (secondary N) is 1. The van der Waals surface area contributed by atoms with E-state index in [2.05, 4.69) is 10.2 Å². The van der Waals surface area contributed by atoms with Gasteiger partial charge in [0.15, 0.2) is 0 Å². The van der Waals surface area contributed by atoms with Crippen molar-refractivity contribution >= 4 is 17.3 Å². The first-order valence-corrected chi connectivity index (χ1v) is 9.58. The highest BCUT2D eigenvalue weighted by Gasteiger charge is 2.35. The zero-order chi connectivity index (χ0) is 19.0. The molecule has 0 amide bonds. The van der Waals surface area contributed by atoms with Crippen molar-refractivity contribution in [1.82, 2.24) is 4.90 Å². The number of allylic oxidation sites excluding steroid dienone is 2. The van der Waals surface area contributed by atoms with E-state index in [0.29, 0.717) is 22.5 Å². The molecule has 27 heavy (non-hydrogen) atoms. The summed E-state index contributed by atoms with van der Waals surface area (Å²) in [5, 5.41) is 3.33. The Bertz CT molecular complexity index is 953. The van der Waals surface area contributed by atoms with Gasteiger partial charge in [-0.25, -0.2) is 0 Å². The molecule has 0 aromatic heterocycles. The van der Waals surface area contributed by atoms with Crippen LogP contribution in [-0.4, -0.2) is 29.6 Å². The molecule has 0 radical (unpaired) electrons. The van der Waals surface area contributed by atoms with Gasteiger partial charge in [-0.3, -0.25) is 9.59 Å². The molecule has 0 atom stereocenters. The average Bonchev–Trinajstić information content (AvgIpc) is 2.69. The van der Waals surface area contributed by atoms with Gasteiger partial charge in [-0.05, 0) is 50.3 Å². The van der Waals surface area contributed by atoms with Gasteiger partial charge in [0.1, 0.15) is 11.4 Å². The number of rotatable bonds is 3. The first kappa shape index (κ1) is 17.5. The Morgan fingerprint density at radius 3 is 2.22 bits per heavy atom. The third kappa shape index (κ3) is 3.16. The molecule has 1 aliphatic carbocycles. The molecular weight excluding hydrogens is 336 g/mol. The number of carbonyl (C=O) groups excluding carboxylic acids is 2. The second kappa shape index (κ2) is 7.03. The predicted octanol–water partition coefficient (Wildman–Crippen LogP) is 4.49. The van der Waals surface area contributed by atoms with Crippen molar-refractivity contribution < 1.29 is 9.59 Å². The Kier molecular flexibility index (Phi) is 4.56. The van der Waals surface area contributed by atoms with E-state index in [-0.39, 0.29) is 11.6 Å². The minimum absolute atomic E-state index is 0.0556. The summed E-state index contributed by atoms with van der Waals surface area (Å²) in [4.78, 5) is 28.7. The SMILES string of the molecule is Cc1ccc(C)c(NC2=C(N3CCCCC3)C(=O)c3ccccc3C2=O)c1. The van der Waals surface area contributed by atoms with Crippen molar-refractivity contribution in [2.45, 2.75) is 33.1 Å². The number of fused-ring (bicyclic) bond motifs is 1. The number of hydrogen-bond donors (Lipinski definition) is 1. The molecule has 0 spiro atoms. The standard InChI is InChI=1S/C23H24N2O2/c1-15-10-11-16(2)19(14-15)24-20-21(25-12-6-3-7-13-25)23(27)18-9-5-4-8-17(18)22(20)26/h4-5,8-11,14,24H,3,6-7,12-13H2,1-2H3. The molecule has 0 unspecified atom stereocenters. The van der Waals surface area contributed by atoms with Crippen LogP contribution >= 0.6 is 0 Å². The number of ketones is 2. The third-order valence-electron chi connectivity index (χ3n) is 5.42. The summed E-state index contributed by atoms with van der Waals surface area (Å²) < 4.78 is 0. The van der Waals surface area contributed by atoms with Crippen molar-refractivity contribution in [3.05, 3.63) is 76.1 Å². The number of carbonyl (C=O) groups is 2. The van der Waals surface area contributed by atoms with Gasteiger partial charge < -0.3 is 10.2 Å². The van der Waals surface area contributed by atoms with Gasteiger partial charge >= 0.3 is 0 Å². The highest BCUT2D eigenvalue weighted by Crippen LogP contribution is 2.31. The van der Waals surface area contributed by atoms with Crippen molar-refractivity contribution in [3.8, 4) is 0 Å². The van der Waals surface area contributed by atoms with E-state index in [9.17, 15) is 9.59 Å². The summed E-state index contributed by atoms with van der Waals surface area (Å²) in [6, 6.07) is 13.2. The van der Waals surface area contributed by atoms with Crippen molar-refractivity contribution in [2.75, 3.05) is 18.4 Å². The number of nitrogens with zero attached hydrogens (tertiary/aromatic N) is 1. The number of likely N-dealkylation sites (tertiary alicyclic amines) is 1. The van der Waals surface area contributed by atoms with Crippen LogP contribution in [0.5, 0.6) is 0 Å². The number of hydrogen-bond acceptors (Lipinski definition) is 4. The predicted molar refractivity (Wildman–Crippen MR) is 107 cm³/mol. The number of anilines is 1. The van der Waals surface area contributed by atoms with Crippen LogP contribution in [0.2, 0.25) is 0 Å². The molecule has 1 heterocycles. The van der Waals surface area contributed by atoms with E-state index in [4.69, 9.17) is 0 Å². The second-order valence-electron chi connectivity index (χ2n) is 7.42. The van der Waals surface area contributed by atoms with Gasteiger partial charge in [0.05, 0.1) is 0 Å². The van der Waals surface area contributed by atoms with E-state index in [1.54, 1.807) is 12.1 Å². The van der Waals surface area contributed by atoms with Crippen LogP contribution in [0.15, 0.2) is 53.9 Å². The summed E-state index contributed by atoms with van der Waals surface area (Å²) in [5.41, 5.74) is 4.96. The summed E-state index contributed by atoms with van der Waals surface area (Å²) in [6.07, 6.45) is 3.26. The van der Waals surface area contributed by atoms with Crippen molar-refractivity contribution in [1.29, 1.82) is 0 Å². The first-order valence-electron chi connectivity index (χ1n) is 9.58. The monoisotopic (exact) mass is 360 g/mol. The van der Waals surface area contributed by atoms with Crippen LogP contribution in [0, 0.1) is 13.8 Å². The summed E-state index contributed by atoms with van der Waals surface area (Å²) in [5.74, 6) is -0.161. The topological polar surface area (TPSA) is 49.4 Å². The van der Waals surface area contributed by atoms with E-state index < -0.39 is 0 Å². The Morgan fingerprint density at radius 2 is 1.52 bits per heavy atom. The Labute approximate surface area is 159 Å². The van der Waals surface area contributed by atoms with E-state index in [1.807, 2.05) is 44.2 Å². The average molecular weight is 360 g/mol. The fourth-order valence-corrected chi connectivity index (χ4v) is 3.90. The first-order chi connectivity index (χ1) is 13.1. The number of benzene rings is 2. The van der Waals surface area contributed by atoms with Gasteiger partial charge in [-0.1, -0.05) is 36.4 Å². The maximum atomic E-state index is 13.3. The Balaban J connectivity index is 1.85. The third-order valence-corrected chi connectivity index (χ3v) is 5.42. The second-order valence-corrected chi connectivity index (χ2v) is 7.42. The smallest absolute Gasteiger partial charge is 0.212 e. The lowest BCUT2D eigenvalue weighted by Gasteiger charge is -2.34. The van der Waals surface area contributed by atoms with E-state index in [1.165, 1.54) is 6.42 Å². The molecule has 1 aliphatic heterocycles. The molecule has 0 bridgehead atoms. The molecule has 2 aromatic rings. The molecule has 138 valence electrons. The largest absolute Gasteiger partial charge is 0.367 e. The lowest BCUT2D eigenvalue weighted by molar-refractivity contribution is 0.0935. The maximum absolute atomic E-state index is 13.3. The van der Waals surface area contributed by atoms with Gasteiger partial charge in [-0.15, -0.1) is 0 Å². The van der Waals surface area contributed by atoms with Crippen LogP contribution in [0.25, 0.3) is 0 Å². The highest BCUT2D eigenvalue weighted by atomic mass is 16.1. The summed E-state index contributed by atoms with van der Waals surface area (Å²) in [6.45, 7) is 5.66. The lowest BCUT2D eigenvalue weighted by Crippen LogP contribution is -2.39. The van der Waals surface area contributed by atoms with E-state index in [0.717, 1.165) is 42.7 Å². The van der Waals surface area contributed by atoms with E-state index >= 15 is 0 Å². The normalized spacial score (nSPS) is 17.2. The molecule has 1 saturated heterocycles. The van der Waals surface area contributed by atoms with Gasteiger partial charge in [0.25, 0.3) is 0 Å². The van der Waals surface area contributed by atoms with Gasteiger partial charge in [0.2, 0.25) is 11.6 Å². The molecule has 1 fully saturated rings. The van der Waals surface area contributed by atoms with Gasteiger partial charge in [0, 0.05) is 29.9 Å². The summed E-state index contributed by atoms with van der Waals surface area (Å²) in [7, 11) is 0. The fourth-order valence-electron chi connectivity index (χ4n) is 3.90. The minimum Gasteiger partial charge on any atom is -0.367 e. The quantitative estimate of drug-likeness (QED) is 0.876. The number of aryl methyl sites for hydroxylation is 2. The highest BCUT2D eigenvalue weighted by molar-refractivity contribution is 6.27. The minimum atomic E-state index is -0.105. The molecule has 4 rings (SSSR count). The van der Waals surface area contributed by atoms with Gasteiger partial charge in [-0.2, -0.15) is 0 Å². The maximum Gasteiger partial charge on any atom is 0.212 e. The van der Waals surface area contributed by atoms with Crippen LogP contribution in [0.4, 0.5) is 5.69 Å². The number of Topliss-reactive ketones (excluding diaryl/α,β-unsaturated/α-hetero) is 2. The molecular formula is C23H24N2O2. The van der Waals surface area contributed by atoms with Crippen LogP contribution in [0.1, 0.15) is 51.1 Å². The number of piperidine rings is 1. The van der Waals surface area contributed by atoms with Crippen LogP contribution < -0.4 is 5.32 Å². The Morgan fingerprint density at radius 1 is 0.852 bits per heavy atom. The van der Waals surface area contributed by atoms with Crippen molar-refractivity contribution in [2.24, 2.45) is 0 Å².